The maximum absolute atomic E-state index is 5.81. The average Bonchev–Trinajstić information content (AvgIpc) is 2.96. The van der Waals surface area contributed by atoms with Crippen molar-refractivity contribution in [2.75, 3.05) is 23.7 Å². The van der Waals surface area contributed by atoms with Gasteiger partial charge in [0, 0.05) is 13.1 Å². The topological polar surface area (TPSA) is 77.4 Å². The molecule has 0 spiro atoms. The number of nitrogens with two attached hydrogens (primary N) is 1. The fourth-order valence-electron chi connectivity index (χ4n) is 2.27. The van der Waals surface area contributed by atoms with Crippen molar-refractivity contribution in [2.45, 2.75) is 25.9 Å². The third-order valence-corrected chi connectivity index (χ3v) is 3.35. The second kappa shape index (κ2) is 5.81. The van der Waals surface area contributed by atoms with Crippen LogP contribution in [0.4, 0.5) is 11.7 Å². The van der Waals surface area contributed by atoms with Gasteiger partial charge in [-0.25, -0.2) is 0 Å². The van der Waals surface area contributed by atoms with Gasteiger partial charge in [-0.2, -0.15) is 0 Å². The van der Waals surface area contributed by atoms with Gasteiger partial charge in [0.15, 0.2) is 6.61 Å². The van der Waals surface area contributed by atoms with Gasteiger partial charge in [0.25, 0.3) is 5.89 Å². The van der Waals surface area contributed by atoms with Gasteiger partial charge >= 0.3 is 6.01 Å². The first-order valence-electron chi connectivity index (χ1n) is 6.87. The Morgan fingerprint density at radius 1 is 1.15 bits per heavy atom. The van der Waals surface area contributed by atoms with Gasteiger partial charge in [-0.3, -0.25) is 0 Å². The molecule has 1 aromatic carbocycles. The molecule has 0 atom stereocenters. The molecule has 106 valence electrons. The summed E-state index contributed by atoms with van der Waals surface area (Å²) in [5, 5.41) is 8.08. The number of nitrogens with zero attached hydrogens (tertiary/aromatic N) is 3. The highest BCUT2D eigenvalue weighted by atomic mass is 16.5. The number of hydrogen-bond acceptors (Lipinski definition) is 6. The molecule has 1 saturated heterocycles. The SMILES string of the molecule is Nc1ccccc1OCc1nnc(N2CCCCC2)o1. The lowest BCUT2D eigenvalue weighted by atomic mass is 10.1. The molecule has 1 fully saturated rings. The van der Waals surface area contributed by atoms with Crippen molar-refractivity contribution in [3.8, 4) is 5.75 Å². The average molecular weight is 274 g/mol. The summed E-state index contributed by atoms with van der Waals surface area (Å²) in [5.74, 6) is 1.10. The molecule has 2 aromatic rings. The van der Waals surface area contributed by atoms with Crippen LogP contribution in [0.1, 0.15) is 25.2 Å². The molecule has 0 saturated carbocycles. The Kier molecular flexibility index (Phi) is 3.71. The van der Waals surface area contributed by atoms with E-state index in [1.54, 1.807) is 6.07 Å². The second-order valence-electron chi connectivity index (χ2n) is 4.85. The molecule has 6 heteroatoms. The summed E-state index contributed by atoms with van der Waals surface area (Å²) in [7, 11) is 0. The molecule has 3 rings (SSSR count). The van der Waals surface area contributed by atoms with Crippen LogP contribution in [0.15, 0.2) is 28.7 Å². The van der Waals surface area contributed by atoms with Crippen molar-refractivity contribution in [3.05, 3.63) is 30.2 Å². The number of piperidine rings is 1. The normalized spacial score (nSPS) is 15.3. The molecule has 0 bridgehead atoms. The van der Waals surface area contributed by atoms with Gasteiger partial charge in [-0.05, 0) is 31.4 Å². The van der Waals surface area contributed by atoms with E-state index in [2.05, 4.69) is 15.1 Å². The highest BCUT2D eigenvalue weighted by molar-refractivity contribution is 5.51. The summed E-state index contributed by atoms with van der Waals surface area (Å²) in [6.07, 6.45) is 3.62. The smallest absolute Gasteiger partial charge is 0.318 e. The van der Waals surface area contributed by atoms with E-state index < -0.39 is 0 Å². The highest BCUT2D eigenvalue weighted by Gasteiger charge is 2.17. The van der Waals surface area contributed by atoms with Crippen LogP contribution in [0.3, 0.4) is 0 Å². The fourth-order valence-corrected chi connectivity index (χ4v) is 2.27. The highest BCUT2D eigenvalue weighted by Crippen LogP contribution is 2.22. The molecule has 1 aliphatic rings. The summed E-state index contributed by atoms with van der Waals surface area (Å²) < 4.78 is 11.2. The molecule has 0 amide bonds. The molecule has 2 heterocycles. The van der Waals surface area contributed by atoms with Crippen molar-refractivity contribution < 1.29 is 9.15 Å². The minimum atomic E-state index is 0.231. The molecule has 0 aliphatic carbocycles. The molecule has 0 unspecified atom stereocenters. The lowest BCUT2D eigenvalue weighted by Crippen LogP contribution is -2.29. The Bertz CT molecular complexity index is 564. The largest absolute Gasteiger partial charge is 0.482 e. The lowest BCUT2D eigenvalue weighted by Gasteiger charge is -2.24. The molecule has 1 aliphatic heterocycles. The second-order valence-corrected chi connectivity index (χ2v) is 4.85. The van der Waals surface area contributed by atoms with Crippen LogP contribution in [-0.2, 0) is 6.61 Å². The quantitative estimate of drug-likeness (QED) is 0.861. The maximum atomic E-state index is 5.81. The zero-order valence-corrected chi connectivity index (χ0v) is 11.3. The summed E-state index contributed by atoms with van der Waals surface area (Å²) in [6, 6.07) is 7.94. The molecule has 6 nitrogen and oxygen atoms in total. The van der Waals surface area contributed by atoms with E-state index in [1.807, 2.05) is 18.2 Å². The number of nitrogen functional groups attached to an aromatic ring is 1. The Hall–Kier alpha value is -2.24. The van der Waals surface area contributed by atoms with Crippen LogP contribution < -0.4 is 15.4 Å². The molecule has 1 aromatic heterocycles. The third kappa shape index (κ3) is 2.84. The summed E-state index contributed by atoms with van der Waals surface area (Å²) >= 11 is 0. The Morgan fingerprint density at radius 2 is 1.95 bits per heavy atom. The van der Waals surface area contributed by atoms with E-state index in [0.717, 1.165) is 13.1 Å². The Labute approximate surface area is 117 Å². The van der Waals surface area contributed by atoms with Crippen LogP contribution >= 0.6 is 0 Å². The number of rotatable bonds is 4. The van der Waals surface area contributed by atoms with E-state index in [0.29, 0.717) is 23.3 Å². The van der Waals surface area contributed by atoms with Gasteiger partial charge in [0.1, 0.15) is 5.75 Å². The number of hydrogen-bond donors (Lipinski definition) is 1. The van der Waals surface area contributed by atoms with E-state index in [1.165, 1.54) is 19.3 Å². The van der Waals surface area contributed by atoms with Crippen molar-refractivity contribution in [1.82, 2.24) is 10.2 Å². The predicted octanol–water partition coefficient (Wildman–Crippen LogP) is 2.22. The first kappa shape index (κ1) is 12.8. The molecular weight excluding hydrogens is 256 g/mol. The minimum absolute atomic E-state index is 0.231. The van der Waals surface area contributed by atoms with E-state index in [4.69, 9.17) is 14.9 Å². The molecule has 0 radical (unpaired) electrons. The number of ether oxygens (including phenoxy) is 1. The monoisotopic (exact) mass is 274 g/mol. The summed E-state index contributed by atoms with van der Waals surface area (Å²) in [6.45, 7) is 2.19. The Balaban J connectivity index is 1.61. The lowest BCUT2D eigenvalue weighted by molar-refractivity contribution is 0.264. The van der Waals surface area contributed by atoms with Gasteiger partial charge in [0.05, 0.1) is 5.69 Å². The number of aromatic nitrogens is 2. The van der Waals surface area contributed by atoms with Crippen LogP contribution in [-0.4, -0.2) is 23.3 Å². The molecular formula is C14H18N4O2. The fraction of sp³-hybridized carbons (Fsp3) is 0.429. The van der Waals surface area contributed by atoms with Gasteiger partial charge in [-0.15, -0.1) is 5.10 Å². The predicted molar refractivity (Wildman–Crippen MR) is 75.5 cm³/mol. The Morgan fingerprint density at radius 3 is 2.75 bits per heavy atom. The van der Waals surface area contributed by atoms with Crippen LogP contribution in [0.25, 0.3) is 0 Å². The van der Waals surface area contributed by atoms with Crippen molar-refractivity contribution in [2.24, 2.45) is 0 Å². The first-order valence-corrected chi connectivity index (χ1v) is 6.87. The van der Waals surface area contributed by atoms with E-state index >= 15 is 0 Å². The van der Waals surface area contributed by atoms with Gasteiger partial charge < -0.3 is 19.8 Å². The van der Waals surface area contributed by atoms with Crippen molar-refractivity contribution >= 4 is 11.7 Å². The number of para-hydroxylation sites is 2. The summed E-state index contributed by atoms with van der Waals surface area (Å²) in [5.41, 5.74) is 6.41. The number of benzene rings is 1. The minimum Gasteiger partial charge on any atom is -0.482 e. The van der Waals surface area contributed by atoms with Crippen molar-refractivity contribution in [3.63, 3.8) is 0 Å². The van der Waals surface area contributed by atoms with Gasteiger partial charge in [-0.1, -0.05) is 17.2 Å². The molecule has 20 heavy (non-hydrogen) atoms. The van der Waals surface area contributed by atoms with Crippen molar-refractivity contribution in [1.29, 1.82) is 0 Å². The van der Waals surface area contributed by atoms with Crippen LogP contribution in [0.5, 0.6) is 5.75 Å². The number of anilines is 2. The van der Waals surface area contributed by atoms with Crippen LogP contribution in [0.2, 0.25) is 0 Å². The zero-order valence-electron chi connectivity index (χ0n) is 11.3. The summed E-state index contributed by atoms with van der Waals surface area (Å²) in [4.78, 5) is 2.12. The van der Waals surface area contributed by atoms with E-state index in [9.17, 15) is 0 Å². The first-order chi connectivity index (χ1) is 9.83. The zero-order chi connectivity index (χ0) is 13.8. The van der Waals surface area contributed by atoms with Gasteiger partial charge in [0.2, 0.25) is 0 Å². The molecule has 2 N–H and O–H groups in total. The standard InChI is InChI=1S/C14H18N4O2/c15-11-6-2-3-7-12(11)19-10-13-16-17-14(20-13)18-8-4-1-5-9-18/h2-3,6-7H,1,4-5,8-10,15H2. The maximum Gasteiger partial charge on any atom is 0.318 e. The van der Waals surface area contributed by atoms with E-state index in [-0.39, 0.29) is 6.61 Å². The van der Waals surface area contributed by atoms with Crippen LogP contribution in [0, 0.1) is 0 Å². The third-order valence-electron chi connectivity index (χ3n) is 3.35.